The van der Waals surface area contributed by atoms with Crippen molar-refractivity contribution in [2.75, 3.05) is 31.6 Å². The molecule has 2 aromatic carbocycles. The molecule has 2 fully saturated rings. The first-order valence-electron chi connectivity index (χ1n) is 12.7. The molecule has 3 aliphatic rings. The number of morpholine rings is 1. The van der Waals surface area contributed by atoms with Crippen LogP contribution >= 0.6 is 0 Å². The Morgan fingerprint density at radius 3 is 2.79 bits per heavy atom. The summed E-state index contributed by atoms with van der Waals surface area (Å²) in [6.07, 6.45) is -0.116. The molecule has 3 aliphatic heterocycles. The number of nitrogens with one attached hydrogen (secondary N) is 2. The van der Waals surface area contributed by atoms with Crippen LogP contribution in [-0.4, -0.2) is 59.8 Å². The third kappa shape index (κ3) is 4.53. The van der Waals surface area contributed by atoms with Crippen molar-refractivity contribution in [2.45, 2.75) is 38.4 Å². The molecule has 0 unspecified atom stereocenters. The summed E-state index contributed by atoms with van der Waals surface area (Å²) in [7, 11) is 0. The fraction of sp³-hybridized carbons (Fsp3) is 0.400. The Labute approximate surface area is 201 Å². The Balaban J connectivity index is 1.32. The van der Waals surface area contributed by atoms with Crippen LogP contribution in [0.2, 0.25) is 0 Å². The summed E-state index contributed by atoms with van der Waals surface area (Å²) in [6.45, 7) is -0.0511. The molecule has 3 heterocycles. The normalized spacial score (nSPS) is 24.8. The number of hydrogen-bond donors (Lipinski definition) is 2. The predicted octanol–water partition coefficient (Wildman–Crippen LogP) is 2.03. The summed E-state index contributed by atoms with van der Waals surface area (Å²) in [4.78, 5) is 39.8. The molecule has 8 nitrogen and oxygen atoms in total. The van der Waals surface area contributed by atoms with E-state index in [0.717, 1.165) is 4.90 Å². The lowest BCUT2D eigenvalue weighted by Crippen LogP contribution is -2.52. The Hall–Kier alpha value is -3.30. The van der Waals surface area contributed by atoms with Gasteiger partial charge in [-0.15, -0.1) is 0 Å². The van der Waals surface area contributed by atoms with Crippen LogP contribution in [0.15, 0.2) is 36.4 Å². The zero-order chi connectivity index (χ0) is 26.4. The van der Waals surface area contributed by atoms with E-state index in [4.69, 9.17) is 8.85 Å². The van der Waals surface area contributed by atoms with Crippen molar-refractivity contribution in [2.24, 2.45) is 0 Å². The van der Waals surface area contributed by atoms with E-state index in [1.54, 1.807) is 35.2 Å². The first kappa shape index (κ1) is 19.1. The van der Waals surface area contributed by atoms with Crippen LogP contribution in [0.1, 0.15) is 44.0 Å². The van der Waals surface area contributed by atoms with E-state index in [2.05, 4.69) is 10.6 Å². The van der Waals surface area contributed by atoms with Crippen LogP contribution < -0.4 is 10.6 Å². The number of rotatable bonds is 6. The van der Waals surface area contributed by atoms with E-state index in [1.807, 2.05) is 0 Å². The number of benzene rings is 2. The standard InChI is InChI=1S/C25H27FN4O4/c26-20-12-16(14-29-8-10-34-11-9-29)4-5-17(20)13-27-21-3-1-2-18-19(21)15-30(25(18)33)22-6-7-23(31)28-24(22)32/h1-5,12,22,27H,6-11,13-15H2,(H,28,31,32)/t22-/m0/s1/i14D2,22D. The van der Waals surface area contributed by atoms with Gasteiger partial charge in [0.15, 0.2) is 0 Å². The Kier molecular flexibility index (Phi) is 5.33. The minimum absolute atomic E-state index is 0.00360. The molecule has 2 saturated heterocycles. The third-order valence-electron chi connectivity index (χ3n) is 6.22. The maximum atomic E-state index is 15.0. The van der Waals surface area contributed by atoms with Gasteiger partial charge in [-0.05, 0) is 30.2 Å². The summed E-state index contributed by atoms with van der Waals surface area (Å²) in [5, 5.41) is 5.29. The third-order valence-corrected chi connectivity index (χ3v) is 6.22. The summed E-state index contributed by atoms with van der Waals surface area (Å²) in [5.41, 5.74) is 2.04. The van der Waals surface area contributed by atoms with Crippen LogP contribution in [0.5, 0.6) is 0 Å². The number of halogens is 1. The molecular weight excluding hydrogens is 439 g/mol. The average molecular weight is 470 g/mol. The molecule has 0 aromatic heterocycles. The number of amides is 3. The monoisotopic (exact) mass is 469 g/mol. The molecule has 1 atom stereocenters. The van der Waals surface area contributed by atoms with Gasteiger partial charge in [-0.25, -0.2) is 4.39 Å². The zero-order valence-corrected chi connectivity index (χ0v) is 18.5. The zero-order valence-electron chi connectivity index (χ0n) is 21.5. The lowest BCUT2D eigenvalue weighted by atomic mass is 10.0. The van der Waals surface area contributed by atoms with Gasteiger partial charge in [-0.2, -0.15) is 0 Å². The molecular formula is C25H27FN4O4. The van der Waals surface area contributed by atoms with Gasteiger partial charge in [0.1, 0.15) is 11.8 Å². The average Bonchev–Trinajstić information content (AvgIpc) is 3.24. The Morgan fingerprint density at radius 2 is 2.03 bits per heavy atom. The highest BCUT2D eigenvalue weighted by Gasteiger charge is 2.39. The van der Waals surface area contributed by atoms with Crippen molar-refractivity contribution in [3.8, 4) is 0 Å². The topological polar surface area (TPSA) is 91.0 Å². The molecule has 5 rings (SSSR count). The van der Waals surface area contributed by atoms with Gasteiger partial charge >= 0.3 is 0 Å². The van der Waals surface area contributed by atoms with Crippen molar-refractivity contribution < 1.29 is 27.6 Å². The molecule has 0 bridgehead atoms. The first-order valence-corrected chi connectivity index (χ1v) is 11.2. The summed E-state index contributed by atoms with van der Waals surface area (Å²) >= 11 is 0. The molecule has 3 amide bonds. The highest BCUT2D eigenvalue weighted by atomic mass is 19.1. The molecule has 178 valence electrons. The van der Waals surface area contributed by atoms with Crippen LogP contribution in [0.25, 0.3) is 0 Å². The maximum absolute atomic E-state index is 15.0. The van der Waals surface area contributed by atoms with E-state index in [0.29, 0.717) is 48.7 Å². The van der Waals surface area contributed by atoms with Gasteiger partial charge in [-0.1, -0.05) is 18.2 Å². The number of hydrogen-bond acceptors (Lipinski definition) is 6. The van der Waals surface area contributed by atoms with Gasteiger partial charge in [0.25, 0.3) is 5.91 Å². The smallest absolute Gasteiger partial charge is 0.255 e. The number of imide groups is 1. The fourth-order valence-electron chi connectivity index (χ4n) is 4.39. The number of anilines is 1. The molecule has 2 N–H and O–H groups in total. The van der Waals surface area contributed by atoms with Gasteiger partial charge < -0.3 is 15.0 Å². The van der Waals surface area contributed by atoms with E-state index in [1.165, 1.54) is 6.07 Å². The number of carbonyl (C=O) groups is 3. The Bertz CT molecular complexity index is 1270. The SMILES string of the molecule is [2H]C([2H])(c1ccc(CNc2cccc3c2CN([C@@]2([2H])CCC(=O)NC2=O)C3=O)c(F)c1)N1CCOCC1. The molecule has 9 heteroatoms. The molecule has 0 aliphatic carbocycles. The van der Waals surface area contributed by atoms with Gasteiger partial charge in [0.05, 0.1) is 14.6 Å². The fourth-order valence-corrected chi connectivity index (χ4v) is 4.39. The number of piperidine rings is 1. The Morgan fingerprint density at radius 1 is 1.21 bits per heavy atom. The maximum Gasteiger partial charge on any atom is 0.255 e. The number of ether oxygens (including phenoxy) is 1. The number of fused-ring (bicyclic) bond motifs is 1. The van der Waals surface area contributed by atoms with Crippen molar-refractivity contribution in [1.82, 2.24) is 15.1 Å². The quantitative estimate of drug-likeness (QED) is 0.630. The largest absolute Gasteiger partial charge is 0.381 e. The second-order valence-corrected chi connectivity index (χ2v) is 8.42. The van der Waals surface area contributed by atoms with Gasteiger partial charge in [0, 0.05) is 64.2 Å². The molecule has 0 saturated carbocycles. The lowest BCUT2D eigenvalue weighted by Gasteiger charge is -2.29. The minimum Gasteiger partial charge on any atom is -0.381 e. The minimum atomic E-state index is -1.89. The van der Waals surface area contributed by atoms with E-state index in [9.17, 15) is 14.4 Å². The van der Waals surface area contributed by atoms with Crippen molar-refractivity contribution >= 4 is 23.4 Å². The molecule has 0 radical (unpaired) electrons. The number of nitrogens with zero attached hydrogens (tertiary/aromatic N) is 2. The highest BCUT2D eigenvalue weighted by molar-refractivity contribution is 6.06. The number of carbonyl (C=O) groups excluding carboxylic acids is 3. The van der Waals surface area contributed by atoms with E-state index < -0.39 is 36.1 Å². The predicted molar refractivity (Wildman–Crippen MR) is 122 cm³/mol. The first-order chi connectivity index (χ1) is 17.6. The van der Waals surface area contributed by atoms with Crippen LogP contribution in [0.4, 0.5) is 10.1 Å². The molecule has 0 spiro atoms. The van der Waals surface area contributed by atoms with Crippen molar-refractivity contribution in [3.05, 3.63) is 64.5 Å². The second-order valence-electron chi connectivity index (χ2n) is 8.42. The molecule has 34 heavy (non-hydrogen) atoms. The summed E-state index contributed by atoms with van der Waals surface area (Å²) < 4.78 is 45.9. The summed E-state index contributed by atoms with van der Waals surface area (Å²) in [6, 6.07) is 7.45. The van der Waals surface area contributed by atoms with Gasteiger partial charge in [-0.3, -0.25) is 24.6 Å². The summed E-state index contributed by atoms with van der Waals surface area (Å²) in [5.74, 6) is -2.32. The van der Waals surface area contributed by atoms with Crippen LogP contribution in [0, 0.1) is 5.82 Å². The second kappa shape index (κ2) is 9.52. The van der Waals surface area contributed by atoms with Crippen LogP contribution in [-0.2, 0) is 33.9 Å². The van der Waals surface area contributed by atoms with Gasteiger partial charge in [0.2, 0.25) is 11.8 Å². The molecule has 2 aromatic rings. The van der Waals surface area contributed by atoms with Crippen molar-refractivity contribution in [1.29, 1.82) is 0 Å². The van der Waals surface area contributed by atoms with Crippen molar-refractivity contribution in [3.63, 3.8) is 0 Å². The lowest BCUT2D eigenvalue weighted by molar-refractivity contribution is -0.136. The van der Waals surface area contributed by atoms with E-state index in [-0.39, 0.29) is 31.5 Å². The van der Waals surface area contributed by atoms with Crippen LogP contribution in [0.3, 0.4) is 0 Å². The van der Waals surface area contributed by atoms with E-state index >= 15 is 4.39 Å². The highest BCUT2D eigenvalue weighted by Crippen LogP contribution is 2.32.